The normalized spacial score (nSPS) is 17.9. The van der Waals surface area contributed by atoms with Crippen molar-refractivity contribution in [1.82, 2.24) is 4.90 Å². The standard InChI is InChI=1S/C13H16N2S2/c14-8-11(13-2-1-6-16-13)15-5-3-12-10(9-15)4-7-17-12/h1-2,4,6-7,11H,3,5,8-9,14H2. The predicted molar refractivity (Wildman–Crippen MR) is 74.5 cm³/mol. The van der Waals surface area contributed by atoms with E-state index in [1.165, 1.54) is 16.9 Å². The van der Waals surface area contributed by atoms with Crippen molar-refractivity contribution in [2.24, 2.45) is 5.73 Å². The topological polar surface area (TPSA) is 29.3 Å². The van der Waals surface area contributed by atoms with Gasteiger partial charge in [-0.1, -0.05) is 6.07 Å². The van der Waals surface area contributed by atoms with Gasteiger partial charge in [0.1, 0.15) is 0 Å². The van der Waals surface area contributed by atoms with Crippen LogP contribution in [0.2, 0.25) is 0 Å². The molecule has 0 aromatic carbocycles. The van der Waals surface area contributed by atoms with Gasteiger partial charge in [-0.25, -0.2) is 0 Å². The van der Waals surface area contributed by atoms with Gasteiger partial charge in [0.05, 0.1) is 6.04 Å². The summed E-state index contributed by atoms with van der Waals surface area (Å²) >= 11 is 3.70. The van der Waals surface area contributed by atoms with Crippen LogP contribution in [-0.4, -0.2) is 18.0 Å². The molecule has 2 aromatic rings. The van der Waals surface area contributed by atoms with E-state index < -0.39 is 0 Å². The monoisotopic (exact) mass is 264 g/mol. The molecule has 3 rings (SSSR count). The van der Waals surface area contributed by atoms with Crippen molar-refractivity contribution in [3.63, 3.8) is 0 Å². The molecule has 1 aliphatic heterocycles. The second-order valence-corrected chi connectivity index (χ2v) is 6.34. The van der Waals surface area contributed by atoms with Gasteiger partial charge >= 0.3 is 0 Å². The quantitative estimate of drug-likeness (QED) is 0.923. The van der Waals surface area contributed by atoms with Crippen LogP contribution in [0.5, 0.6) is 0 Å². The van der Waals surface area contributed by atoms with E-state index in [9.17, 15) is 0 Å². The Morgan fingerprint density at radius 3 is 3.00 bits per heavy atom. The molecular weight excluding hydrogens is 248 g/mol. The maximum absolute atomic E-state index is 5.96. The first-order chi connectivity index (χ1) is 8.38. The molecular formula is C13H16N2S2. The molecule has 0 aliphatic carbocycles. The van der Waals surface area contributed by atoms with Crippen molar-refractivity contribution >= 4 is 22.7 Å². The Labute approximate surface area is 110 Å². The van der Waals surface area contributed by atoms with Gasteiger partial charge in [0.2, 0.25) is 0 Å². The fourth-order valence-electron chi connectivity index (χ4n) is 2.46. The fourth-order valence-corrected chi connectivity index (χ4v) is 4.23. The van der Waals surface area contributed by atoms with E-state index in [1.54, 1.807) is 4.88 Å². The smallest absolute Gasteiger partial charge is 0.0567 e. The number of nitrogens with zero attached hydrogens (tertiary/aromatic N) is 1. The Morgan fingerprint density at radius 1 is 1.29 bits per heavy atom. The average molecular weight is 264 g/mol. The highest BCUT2D eigenvalue weighted by molar-refractivity contribution is 7.10. The third-order valence-electron chi connectivity index (χ3n) is 3.37. The minimum atomic E-state index is 0.392. The molecule has 2 nitrogen and oxygen atoms in total. The molecule has 0 fully saturated rings. The molecule has 1 aliphatic rings. The van der Waals surface area contributed by atoms with Crippen LogP contribution in [0.15, 0.2) is 29.0 Å². The van der Waals surface area contributed by atoms with Crippen LogP contribution < -0.4 is 5.73 Å². The van der Waals surface area contributed by atoms with Crippen LogP contribution in [0.25, 0.3) is 0 Å². The number of rotatable bonds is 3. The summed E-state index contributed by atoms with van der Waals surface area (Å²) in [6.45, 7) is 2.89. The van der Waals surface area contributed by atoms with Gasteiger partial charge in [-0.2, -0.15) is 0 Å². The summed E-state index contributed by atoms with van der Waals surface area (Å²) in [5, 5.41) is 4.34. The highest BCUT2D eigenvalue weighted by Gasteiger charge is 2.24. The van der Waals surface area contributed by atoms with Crippen molar-refractivity contribution in [3.8, 4) is 0 Å². The van der Waals surface area contributed by atoms with Gasteiger partial charge in [-0.05, 0) is 34.9 Å². The number of hydrogen-bond acceptors (Lipinski definition) is 4. The van der Waals surface area contributed by atoms with Crippen molar-refractivity contribution in [1.29, 1.82) is 0 Å². The van der Waals surface area contributed by atoms with Crippen molar-refractivity contribution in [2.75, 3.05) is 13.1 Å². The van der Waals surface area contributed by atoms with E-state index in [-0.39, 0.29) is 0 Å². The first-order valence-electron chi connectivity index (χ1n) is 5.91. The third kappa shape index (κ3) is 2.18. The van der Waals surface area contributed by atoms with Crippen molar-refractivity contribution in [3.05, 3.63) is 44.3 Å². The predicted octanol–water partition coefficient (Wildman–Crippen LogP) is 2.87. The van der Waals surface area contributed by atoms with Crippen LogP contribution in [0.1, 0.15) is 21.4 Å². The molecule has 2 N–H and O–H groups in total. The summed E-state index contributed by atoms with van der Waals surface area (Å²) in [6.07, 6.45) is 1.18. The minimum Gasteiger partial charge on any atom is -0.329 e. The number of hydrogen-bond donors (Lipinski definition) is 1. The molecule has 90 valence electrons. The van der Waals surface area contributed by atoms with Crippen LogP contribution in [0.4, 0.5) is 0 Å². The average Bonchev–Trinajstić information content (AvgIpc) is 2.99. The molecule has 0 amide bonds. The Bertz CT molecular complexity index is 475. The molecule has 1 atom stereocenters. The lowest BCUT2D eigenvalue weighted by molar-refractivity contribution is 0.188. The van der Waals surface area contributed by atoms with E-state index in [1.807, 2.05) is 22.7 Å². The van der Waals surface area contributed by atoms with Gasteiger partial charge in [0, 0.05) is 29.4 Å². The van der Waals surface area contributed by atoms with Gasteiger partial charge in [-0.15, -0.1) is 22.7 Å². The summed E-state index contributed by atoms with van der Waals surface area (Å²) in [5.74, 6) is 0. The second-order valence-electron chi connectivity index (χ2n) is 4.36. The van der Waals surface area contributed by atoms with E-state index in [0.29, 0.717) is 12.6 Å². The molecule has 3 heterocycles. The number of fused-ring (bicyclic) bond motifs is 1. The van der Waals surface area contributed by atoms with Crippen LogP contribution >= 0.6 is 22.7 Å². The van der Waals surface area contributed by atoms with Crippen LogP contribution in [0.3, 0.4) is 0 Å². The highest BCUT2D eigenvalue weighted by atomic mass is 32.1. The summed E-state index contributed by atoms with van der Waals surface area (Å²) in [4.78, 5) is 5.47. The zero-order valence-corrected chi connectivity index (χ0v) is 11.3. The molecule has 0 radical (unpaired) electrons. The molecule has 0 saturated heterocycles. The van der Waals surface area contributed by atoms with E-state index in [2.05, 4.69) is 33.9 Å². The second kappa shape index (κ2) is 4.90. The SMILES string of the molecule is NCC(c1cccs1)N1CCc2sccc2C1. The maximum Gasteiger partial charge on any atom is 0.0567 e. The zero-order chi connectivity index (χ0) is 11.7. The molecule has 17 heavy (non-hydrogen) atoms. The Balaban J connectivity index is 1.81. The minimum absolute atomic E-state index is 0.392. The fraction of sp³-hybridized carbons (Fsp3) is 0.385. The van der Waals surface area contributed by atoms with Gasteiger partial charge in [0.15, 0.2) is 0 Å². The number of thiophene rings is 2. The van der Waals surface area contributed by atoms with Gasteiger partial charge in [-0.3, -0.25) is 4.90 Å². The Morgan fingerprint density at radius 2 is 2.24 bits per heavy atom. The summed E-state index contributed by atoms with van der Waals surface area (Å²) < 4.78 is 0. The molecule has 0 spiro atoms. The highest BCUT2D eigenvalue weighted by Crippen LogP contribution is 2.31. The first kappa shape index (κ1) is 11.4. The van der Waals surface area contributed by atoms with E-state index >= 15 is 0 Å². The lowest BCUT2D eigenvalue weighted by Crippen LogP contribution is -2.36. The summed E-state index contributed by atoms with van der Waals surface area (Å²) in [6, 6.07) is 6.96. The number of nitrogens with two attached hydrogens (primary N) is 1. The molecule has 2 aromatic heterocycles. The largest absolute Gasteiger partial charge is 0.329 e. The first-order valence-corrected chi connectivity index (χ1v) is 7.67. The summed E-state index contributed by atoms with van der Waals surface area (Å²) in [7, 11) is 0. The summed E-state index contributed by atoms with van der Waals surface area (Å²) in [5.41, 5.74) is 7.45. The van der Waals surface area contributed by atoms with Gasteiger partial charge in [0.25, 0.3) is 0 Å². The molecule has 4 heteroatoms. The third-order valence-corrected chi connectivity index (χ3v) is 5.37. The van der Waals surface area contributed by atoms with Crippen molar-refractivity contribution in [2.45, 2.75) is 19.0 Å². The zero-order valence-electron chi connectivity index (χ0n) is 9.63. The Kier molecular flexibility index (Phi) is 3.29. The van der Waals surface area contributed by atoms with Crippen LogP contribution in [0, 0.1) is 0 Å². The van der Waals surface area contributed by atoms with E-state index in [4.69, 9.17) is 5.73 Å². The maximum atomic E-state index is 5.96. The lowest BCUT2D eigenvalue weighted by atomic mass is 10.1. The van der Waals surface area contributed by atoms with E-state index in [0.717, 1.165) is 13.1 Å². The van der Waals surface area contributed by atoms with Crippen molar-refractivity contribution < 1.29 is 0 Å². The van der Waals surface area contributed by atoms with Gasteiger partial charge < -0.3 is 5.73 Å². The lowest BCUT2D eigenvalue weighted by Gasteiger charge is -2.33. The van der Waals surface area contributed by atoms with Crippen LogP contribution in [-0.2, 0) is 13.0 Å². The molecule has 1 unspecified atom stereocenters. The molecule has 0 bridgehead atoms. The Hall–Kier alpha value is -0.680. The molecule has 0 saturated carbocycles.